The van der Waals surface area contributed by atoms with Gasteiger partial charge in [-0.15, -0.1) is 11.3 Å². The predicted molar refractivity (Wildman–Crippen MR) is 67.8 cm³/mol. The van der Waals surface area contributed by atoms with Gasteiger partial charge in [0.25, 0.3) is 0 Å². The standard InChI is InChI=1S/C11H7BrClFOS/c12-7-1-3-9(14)10(5-7)15-6-8-2-4-11(13)16-8/h1-5H,6H2. The zero-order valence-electron chi connectivity index (χ0n) is 8.04. The summed E-state index contributed by atoms with van der Waals surface area (Å²) in [6.07, 6.45) is 0. The molecule has 0 amide bonds. The lowest BCUT2D eigenvalue weighted by Crippen LogP contribution is -1.95. The van der Waals surface area contributed by atoms with Gasteiger partial charge in [-0.05, 0) is 30.3 Å². The van der Waals surface area contributed by atoms with Crippen molar-refractivity contribution in [2.45, 2.75) is 6.61 Å². The van der Waals surface area contributed by atoms with Crippen LogP contribution in [0, 0.1) is 5.82 Å². The summed E-state index contributed by atoms with van der Waals surface area (Å²) in [7, 11) is 0. The second-order valence-corrected chi connectivity index (χ2v) is 5.78. The number of halogens is 3. The van der Waals surface area contributed by atoms with E-state index in [1.807, 2.05) is 6.07 Å². The third-order valence-electron chi connectivity index (χ3n) is 1.89. The van der Waals surface area contributed by atoms with Gasteiger partial charge >= 0.3 is 0 Å². The van der Waals surface area contributed by atoms with Gasteiger partial charge < -0.3 is 4.74 Å². The topological polar surface area (TPSA) is 9.23 Å². The van der Waals surface area contributed by atoms with Gasteiger partial charge in [-0.3, -0.25) is 0 Å². The molecule has 1 heterocycles. The van der Waals surface area contributed by atoms with Crippen LogP contribution in [0.5, 0.6) is 5.75 Å². The number of ether oxygens (including phenoxy) is 1. The lowest BCUT2D eigenvalue weighted by atomic mass is 10.3. The third kappa shape index (κ3) is 2.97. The Labute approximate surface area is 110 Å². The number of benzene rings is 1. The first-order valence-electron chi connectivity index (χ1n) is 4.47. The minimum atomic E-state index is -0.370. The molecular weight excluding hydrogens is 315 g/mol. The van der Waals surface area contributed by atoms with Crippen LogP contribution < -0.4 is 4.74 Å². The van der Waals surface area contributed by atoms with Crippen LogP contribution in [0.1, 0.15) is 4.88 Å². The number of thiophene rings is 1. The van der Waals surface area contributed by atoms with Crippen molar-refractivity contribution in [1.29, 1.82) is 0 Å². The van der Waals surface area contributed by atoms with Crippen LogP contribution in [0.25, 0.3) is 0 Å². The quantitative estimate of drug-likeness (QED) is 0.782. The van der Waals surface area contributed by atoms with Crippen LogP contribution in [0.3, 0.4) is 0 Å². The van der Waals surface area contributed by atoms with E-state index < -0.39 is 0 Å². The summed E-state index contributed by atoms with van der Waals surface area (Å²) in [4.78, 5) is 0.962. The average molecular weight is 322 g/mol. The molecule has 0 saturated carbocycles. The van der Waals surface area contributed by atoms with Crippen molar-refractivity contribution in [3.05, 3.63) is 49.8 Å². The molecule has 0 saturated heterocycles. The molecule has 2 aromatic rings. The highest BCUT2D eigenvalue weighted by atomic mass is 79.9. The Morgan fingerprint density at radius 1 is 1.31 bits per heavy atom. The van der Waals surface area contributed by atoms with Crippen molar-refractivity contribution >= 4 is 38.9 Å². The molecular formula is C11H7BrClFOS. The Morgan fingerprint density at radius 2 is 2.12 bits per heavy atom. The van der Waals surface area contributed by atoms with E-state index in [0.717, 1.165) is 9.35 Å². The fraction of sp³-hybridized carbons (Fsp3) is 0.0909. The minimum absolute atomic E-state index is 0.235. The maximum absolute atomic E-state index is 13.3. The van der Waals surface area contributed by atoms with E-state index >= 15 is 0 Å². The van der Waals surface area contributed by atoms with Crippen LogP contribution in [0.2, 0.25) is 4.34 Å². The summed E-state index contributed by atoms with van der Waals surface area (Å²) >= 11 is 10.5. The second kappa shape index (κ2) is 5.17. The molecule has 84 valence electrons. The average Bonchev–Trinajstić information content (AvgIpc) is 2.66. The Bertz CT molecular complexity index is 500. The van der Waals surface area contributed by atoms with E-state index in [0.29, 0.717) is 10.9 Å². The summed E-state index contributed by atoms with van der Waals surface area (Å²) in [6, 6.07) is 8.25. The fourth-order valence-corrected chi connectivity index (χ4v) is 2.51. The summed E-state index contributed by atoms with van der Waals surface area (Å²) < 4.78 is 20.2. The molecule has 1 aromatic heterocycles. The minimum Gasteiger partial charge on any atom is -0.485 e. The van der Waals surface area contributed by atoms with Crippen LogP contribution in [-0.2, 0) is 6.61 Å². The number of hydrogen-bond acceptors (Lipinski definition) is 2. The summed E-state index contributed by atoms with van der Waals surface area (Å²) in [5.74, 6) is -0.134. The van der Waals surface area contributed by atoms with E-state index in [1.165, 1.54) is 17.4 Å². The number of hydrogen-bond donors (Lipinski definition) is 0. The van der Waals surface area contributed by atoms with Crippen LogP contribution in [-0.4, -0.2) is 0 Å². The van der Waals surface area contributed by atoms with Gasteiger partial charge in [0.2, 0.25) is 0 Å². The van der Waals surface area contributed by atoms with Crippen LogP contribution in [0.4, 0.5) is 4.39 Å². The van der Waals surface area contributed by atoms with E-state index in [-0.39, 0.29) is 11.6 Å². The molecule has 0 aliphatic heterocycles. The number of rotatable bonds is 3. The smallest absolute Gasteiger partial charge is 0.165 e. The lowest BCUT2D eigenvalue weighted by molar-refractivity contribution is 0.293. The van der Waals surface area contributed by atoms with Gasteiger partial charge in [-0.1, -0.05) is 27.5 Å². The molecule has 0 atom stereocenters. The predicted octanol–water partition coefficient (Wildman–Crippen LogP) is 4.88. The van der Waals surface area contributed by atoms with E-state index in [1.54, 1.807) is 18.2 Å². The Balaban J connectivity index is 2.07. The highest BCUT2D eigenvalue weighted by molar-refractivity contribution is 9.10. The molecule has 0 fully saturated rings. The van der Waals surface area contributed by atoms with E-state index in [2.05, 4.69) is 15.9 Å². The Morgan fingerprint density at radius 3 is 2.81 bits per heavy atom. The normalized spacial score (nSPS) is 10.4. The molecule has 0 unspecified atom stereocenters. The molecule has 0 spiro atoms. The van der Waals surface area contributed by atoms with Crippen LogP contribution in [0.15, 0.2) is 34.8 Å². The van der Waals surface area contributed by atoms with Crippen molar-refractivity contribution < 1.29 is 9.13 Å². The third-order valence-corrected chi connectivity index (χ3v) is 3.59. The van der Waals surface area contributed by atoms with Crippen molar-refractivity contribution in [2.75, 3.05) is 0 Å². The molecule has 1 nitrogen and oxygen atoms in total. The highest BCUT2D eigenvalue weighted by Gasteiger charge is 2.05. The van der Waals surface area contributed by atoms with Gasteiger partial charge in [0.15, 0.2) is 11.6 Å². The molecule has 0 radical (unpaired) electrons. The van der Waals surface area contributed by atoms with Gasteiger partial charge in [0.1, 0.15) is 6.61 Å². The van der Waals surface area contributed by atoms with Crippen LogP contribution >= 0.6 is 38.9 Å². The molecule has 5 heteroatoms. The van der Waals surface area contributed by atoms with E-state index in [9.17, 15) is 4.39 Å². The molecule has 1 aromatic carbocycles. The van der Waals surface area contributed by atoms with Gasteiger partial charge in [0.05, 0.1) is 4.34 Å². The fourth-order valence-electron chi connectivity index (χ4n) is 1.17. The monoisotopic (exact) mass is 320 g/mol. The molecule has 0 aliphatic carbocycles. The maximum atomic E-state index is 13.3. The Hall–Kier alpha value is -0.580. The summed E-state index contributed by atoms with van der Waals surface area (Å²) in [5.41, 5.74) is 0. The van der Waals surface area contributed by atoms with Crippen molar-refractivity contribution in [3.63, 3.8) is 0 Å². The molecule has 0 bridgehead atoms. The molecule has 2 rings (SSSR count). The SMILES string of the molecule is Fc1ccc(Br)cc1OCc1ccc(Cl)s1. The summed E-state index contributed by atoms with van der Waals surface area (Å²) in [6.45, 7) is 0.324. The molecule has 16 heavy (non-hydrogen) atoms. The Kier molecular flexibility index (Phi) is 3.84. The zero-order chi connectivity index (χ0) is 11.5. The first-order valence-corrected chi connectivity index (χ1v) is 6.46. The van der Waals surface area contributed by atoms with Crippen molar-refractivity contribution in [2.24, 2.45) is 0 Å². The second-order valence-electron chi connectivity index (χ2n) is 3.07. The highest BCUT2D eigenvalue weighted by Crippen LogP contribution is 2.26. The zero-order valence-corrected chi connectivity index (χ0v) is 11.2. The molecule has 0 aliphatic rings. The lowest BCUT2D eigenvalue weighted by Gasteiger charge is -2.05. The van der Waals surface area contributed by atoms with E-state index in [4.69, 9.17) is 16.3 Å². The maximum Gasteiger partial charge on any atom is 0.165 e. The molecule has 0 N–H and O–H groups in total. The van der Waals surface area contributed by atoms with Gasteiger partial charge in [-0.2, -0.15) is 0 Å². The van der Waals surface area contributed by atoms with Gasteiger partial charge in [-0.25, -0.2) is 4.39 Å². The first kappa shape index (κ1) is 11.9. The van der Waals surface area contributed by atoms with Gasteiger partial charge in [0, 0.05) is 9.35 Å². The largest absolute Gasteiger partial charge is 0.485 e. The van der Waals surface area contributed by atoms with Crippen molar-refractivity contribution in [3.8, 4) is 5.75 Å². The van der Waals surface area contributed by atoms with Crippen molar-refractivity contribution in [1.82, 2.24) is 0 Å². The first-order chi connectivity index (χ1) is 7.65. The summed E-state index contributed by atoms with van der Waals surface area (Å²) in [5, 5.41) is 0.